The topological polar surface area (TPSA) is 86.2 Å². The molecule has 1 aliphatic carbocycles. The van der Waals surface area contributed by atoms with Crippen LogP contribution in [0.5, 0.6) is 0 Å². The van der Waals surface area contributed by atoms with Gasteiger partial charge in [0.25, 0.3) is 5.78 Å². The lowest BCUT2D eigenvalue weighted by molar-refractivity contribution is -0.415. The summed E-state index contributed by atoms with van der Waals surface area (Å²) in [4.78, 5) is 21.3. The molecule has 0 radical (unpaired) electrons. The molecule has 0 aromatic heterocycles. The maximum atomic E-state index is 11.5. The molecule has 0 bridgehead atoms. The molecule has 0 atom stereocenters. The Morgan fingerprint density at radius 3 is 2.29 bits per heavy atom. The van der Waals surface area contributed by atoms with Crippen LogP contribution in [0.2, 0.25) is 0 Å². The first-order chi connectivity index (χ1) is 6.63. The predicted octanol–water partition coefficient (Wildman–Crippen LogP) is 0.787. The second kappa shape index (κ2) is 2.66. The molecule has 1 aromatic carbocycles. The van der Waals surface area contributed by atoms with Crippen LogP contribution >= 0.6 is 0 Å². The highest BCUT2D eigenvalue weighted by molar-refractivity contribution is 6.18. The average Bonchev–Trinajstić information content (AvgIpc) is 2.41. The number of benzene rings is 1. The largest absolute Gasteiger partial charge is 0.393 e. The van der Waals surface area contributed by atoms with Crippen LogP contribution in [-0.4, -0.2) is 10.7 Å². The molecule has 14 heavy (non-hydrogen) atoms. The number of nitro groups is 1. The Morgan fingerprint density at radius 2 is 1.79 bits per heavy atom. The van der Waals surface area contributed by atoms with Gasteiger partial charge in [-0.15, -0.1) is 0 Å². The summed E-state index contributed by atoms with van der Waals surface area (Å²) >= 11 is 0. The van der Waals surface area contributed by atoms with Crippen LogP contribution in [0.25, 0.3) is 5.70 Å². The van der Waals surface area contributed by atoms with Gasteiger partial charge in [-0.1, -0.05) is 24.3 Å². The predicted molar refractivity (Wildman–Crippen MR) is 48.9 cm³/mol. The van der Waals surface area contributed by atoms with Crippen molar-refractivity contribution in [3.63, 3.8) is 0 Å². The number of ketones is 1. The number of nitrogens with zero attached hydrogens (tertiary/aromatic N) is 1. The highest BCUT2D eigenvalue weighted by Crippen LogP contribution is 2.28. The number of Topliss-reactive ketones (excluding diaryl/α,β-unsaturated/α-hetero) is 1. The van der Waals surface area contributed by atoms with Crippen molar-refractivity contribution in [1.29, 1.82) is 0 Å². The molecule has 5 nitrogen and oxygen atoms in total. The summed E-state index contributed by atoms with van der Waals surface area (Å²) in [7, 11) is 0. The minimum Gasteiger partial charge on any atom is -0.393 e. The number of rotatable bonds is 1. The van der Waals surface area contributed by atoms with Crippen LogP contribution in [-0.2, 0) is 0 Å². The maximum Gasteiger partial charge on any atom is 0.340 e. The minimum absolute atomic E-state index is 0.0457. The molecule has 2 N–H and O–H groups in total. The molecule has 0 saturated carbocycles. The van der Waals surface area contributed by atoms with E-state index in [1.54, 1.807) is 18.2 Å². The number of carbonyl (C=O) groups is 1. The third kappa shape index (κ3) is 0.922. The molecule has 70 valence electrons. The zero-order chi connectivity index (χ0) is 10.3. The van der Waals surface area contributed by atoms with E-state index in [0.717, 1.165) is 0 Å². The Hall–Kier alpha value is -2.17. The Labute approximate surface area is 79.0 Å². The first-order valence-corrected chi connectivity index (χ1v) is 3.91. The second-order valence-electron chi connectivity index (χ2n) is 2.89. The lowest BCUT2D eigenvalue weighted by atomic mass is 10.1. The second-order valence-corrected chi connectivity index (χ2v) is 2.89. The van der Waals surface area contributed by atoms with Crippen molar-refractivity contribution in [1.82, 2.24) is 0 Å². The quantitative estimate of drug-likeness (QED) is 0.523. The van der Waals surface area contributed by atoms with Gasteiger partial charge in [0.1, 0.15) is 5.70 Å². The van der Waals surface area contributed by atoms with E-state index in [4.69, 9.17) is 5.73 Å². The molecule has 0 unspecified atom stereocenters. The van der Waals surface area contributed by atoms with E-state index in [-0.39, 0.29) is 5.70 Å². The van der Waals surface area contributed by atoms with Crippen LogP contribution in [0.1, 0.15) is 15.9 Å². The SMILES string of the molecule is NC1=C([N+](=O)[O-])C(=O)c2ccccc21. The zero-order valence-electron chi connectivity index (χ0n) is 7.06. The van der Waals surface area contributed by atoms with Gasteiger partial charge < -0.3 is 5.73 Å². The molecular weight excluding hydrogens is 184 g/mol. The first-order valence-electron chi connectivity index (χ1n) is 3.91. The number of fused-ring (bicyclic) bond motifs is 1. The number of hydrogen-bond donors (Lipinski definition) is 1. The first kappa shape index (κ1) is 8.43. The van der Waals surface area contributed by atoms with Crippen LogP contribution in [0.4, 0.5) is 0 Å². The standard InChI is InChI=1S/C9H6N2O3/c10-7-5-3-1-2-4-6(5)9(12)8(7)11(13)14/h1-4H,10H2. The van der Waals surface area contributed by atoms with Gasteiger partial charge in [0.15, 0.2) is 0 Å². The fourth-order valence-electron chi connectivity index (χ4n) is 1.47. The summed E-state index contributed by atoms with van der Waals surface area (Å²) in [5.41, 5.74) is 5.68. The molecule has 1 aromatic rings. The van der Waals surface area contributed by atoms with Gasteiger partial charge in [-0.3, -0.25) is 14.9 Å². The van der Waals surface area contributed by atoms with Crippen LogP contribution in [0, 0.1) is 10.1 Å². The fraction of sp³-hybridized carbons (Fsp3) is 0. The van der Waals surface area contributed by atoms with Crippen molar-refractivity contribution in [3.8, 4) is 0 Å². The molecular formula is C9H6N2O3. The van der Waals surface area contributed by atoms with E-state index in [1.807, 2.05) is 0 Å². The summed E-state index contributed by atoms with van der Waals surface area (Å²) in [6.45, 7) is 0. The Bertz CT molecular complexity index is 477. The summed E-state index contributed by atoms with van der Waals surface area (Å²) < 4.78 is 0. The molecule has 0 saturated heterocycles. The van der Waals surface area contributed by atoms with E-state index >= 15 is 0 Å². The normalized spacial score (nSPS) is 14.4. The molecule has 0 fully saturated rings. The number of nitrogens with two attached hydrogens (primary N) is 1. The van der Waals surface area contributed by atoms with Gasteiger partial charge >= 0.3 is 5.70 Å². The number of hydrogen-bond acceptors (Lipinski definition) is 4. The third-order valence-corrected chi connectivity index (χ3v) is 2.11. The highest BCUT2D eigenvalue weighted by Gasteiger charge is 2.36. The van der Waals surface area contributed by atoms with E-state index in [9.17, 15) is 14.9 Å². The van der Waals surface area contributed by atoms with Crippen LogP contribution in [0.3, 0.4) is 0 Å². The Kier molecular flexibility index (Phi) is 1.60. The van der Waals surface area contributed by atoms with E-state index < -0.39 is 16.4 Å². The number of carbonyl (C=O) groups excluding carboxylic acids is 1. The average molecular weight is 190 g/mol. The van der Waals surface area contributed by atoms with Crippen molar-refractivity contribution >= 4 is 11.5 Å². The van der Waals surface area contributed by atoms with Gasteiger partial charge in [0.2, 0.25) is 0 Å². The molecule has 1 aliphatic rings. The van der Waals surface area contributed by atoms with Crippen molar-refractivity contribution in [3.05, 3.63) is 51.2 Å². The smallest absolute Gasteiger partial charge is 0.340 e. The van der Waals surface area contributed by atoms with Gasteiger partial charge in [-0.05, 0) is 0 Å². The van der Waals surface area contributed by atoms with Gasteiger partial charge in [0, 0.05) is 11.1 Å². The lowest BCUT2D eigenvalue weighted by Crippen LogP contribution is -2.09. The van der Waals surface area contributed by atoms with Crippen molar-refractivity contribution in [2.75, 3.05) is 0 Å². The minimum atomic E-state index is -0.738. The molecule has 0 amide bonds. The molecule has 5 heteroatoms. The van der Waals surface area contributed by atoms with Gasteiger partial charge in [-0.2, -0.15) is 0 Å². The summed E-state index contributed by atoms with van der Waals surface area (Å²) in [5.74, 6) is -0.608. The third-order valence-electron chi connectivity index (χ3n) is 2.11. The number of allylic oxidation sites excluding steroid dienone is 1. The molecule has 0 spiro atoms. The maximum absolute atomic E-state index is 11.5. The molecule has 0 aliphatic heterocycles. The Balaban J connectivity index is 2.69. The fourth-order valence-corrected chi connectivity index (χ4v) is 1.47. The van der Waals surface area contributed by atoms with Gasteiger partial charge in [0.05, 0.1) is 4.92 Å². The van der Waals surface area contributed by atoms with Crippen LogP contribution in [0.15, 0.2) is 30.0 Å². The van der Waals surface area contributed by atoms with Crippen LogP contribution < -0.4 is 5.73 Å². The zero-order valence-corrected chi connectivity index (χ0v) is 7.06. The molecule has 0 heterocycles. The highest BCUT2D eigenvalue weighted by atomic mass is 16.6. The summed E-state index contributed by atoms with van der Waals surface area (Å²) in [5, 5.41) is 10.5. The van der Waals surface area contributed by atoms with Crippen molar-refractivity contribution < 1.29 is 9.72 Å². The lowest BCUT2D eigenvalue weighted by Gasteiger charge is -1.94. The van der Waals surface area contributed by atoms with Crippen molar-refractivity contribution in [2.45, 2.75) is 0 Å². The van der Waals surface area contributed by atoms with E-state index in [1.165, 1.54) is 6.07 Å². The van der Waals surface area contributed by atoms with Crippen molar-refractivity contribution in [2.24, 2.45) is 5.73 Å². The van der Waals surface area contributed by atoms with E-state index in [0.29, 0.717) is 11.1 Å². The summed E-state index contributed by atoms with van der Waals surface area (Å²) in [6.07, 6.45) is 0. The summed E-state index contributed by atoms with van der Waals surface area (Å²) in [6, 6.07) is 6.45. The molecule has 2 rings (SSSR count). The Morgan fingerprint density at radius 1 is 1.21 bits per heavy atom. The van der Waals surface area contributed by atoms with Gasteiger partial charge in [-0.25, -0.2) is 0 Å². The monoisotopic (exact) mass is 190 g/mol. The van der Waals surface area contributed by atoms with E-state index in [2.05, 4.69) is 0 Å².